The summed E-state index contributed by atoms with van der Waals surface area (Å²) < 4.78 is 7.98. The molecule has 0 radical (unpaired) electrons. The molecule has 8 aromatic carbocycles. The minimum atomic E-state index is -0.104. The fourth-order valence-electron chi connectivity index (χ4n) is 11.2. The van der Waals surface area contributed by atoms with Gasteiger partial charge in [0.05, 0.1) is 5.52 Å². The number of anilines is 2. The predicted octanol–water partition coefficient (Wildman–Crippen LogP) is 15.5. The van der Waals surface area contributed by atoms with Gasteiger partial charge in [-0.15, -0.1) is 22.7 Å². The van der Waals surface area contributed by atoms with Crippen molar-refractivity contribution in [1.82, 2.24) is 4.57 Å². The molecule has 0 fully saturated rings. The molecule has 1 aliphatic heterocycles. The molecule has 2 aliphatic rings. The van der Waals surface area contributed by atoms with Gasteiger partial charge in [-0.3, -0.25) is 0 Å². The number of hydrogen-bond acceptors (Lipinski definition) is 3. The van der Waals surface area contributed by atoms with Gasteiger partial charge in [-0.05, 0) is 122 Å². The summed E-state index contributed by atoms with van der Waals surface area (Å²) in [7, 11) is 0.854. The summed E-state index contributed by atoms with van der Waals surface area (Å²) in [5.41, 5.74) is 19.7. The fraction of sp³-hybridized carbons (Fsp3) is 0.186. The highest BCUT2D eigenvalue weighted by Crippen LogP contribution is 2.52. The van der Waals surface area contributed by atoms with Gasteiger partial charge in [0.2, 0.25) is 0 Å². The van der Waals surface area contributed by atoms with E-state index in [4.69, 9.17) is 0 Å². The van der Waals surface area contributed by atoms with Crippen molar-refractivity contribution in [3.63, 3.8) is 0 Å². The first-order valence-corrected chi connectivity index (χ1v) is 24.4. The average molecular weight is 861 g/mol. The highest BCUT2D eigenvalue weighted by Gasteiger charge is 2.37. The quantitative estimate of drug-likeness (QED) is 0.175. The summed E-state index contributed by atoms with van der Waals surface area (Å²) in [4.78, 5) is 0. The molecule has 0 amide bonds. The first-order chi connectivity index (χ1) is 30.7. The van der Waals surface area contributed by atoms with Crippen LogP contribution in [0.2, 0.25) is 0 Å². The molecule has 3 aromatic heterocycles. The zero-order chi connectivity index (χ0) is 43.6. The molecule has 4 heterocycles. The van der Waals surface area contributed by atoms with E-state index >= 15 is 0 Å². The van der Waals surface area contributed by atoms with Crippen molar-refractivity contribution in [2.45, 2.75) is 71.6 Å². The van der Waals surface area contributed by atoms with Gasteiger partial charge < -0.3 is 9.88 Å². The highest BCUT2D eigenvalue weighted by molar-refractivity contribution is 7.26. The van der Waals surface area contributed by atoms with Gasteiger partial charge in [-0.1, -0.05) is 134 Å². The molecule has 0 atom stereocenters. The van der Waals surface area contributed by atoms with E-state index in [1.807, 2.05) is 22.7 Å². The van der Waals surface area contributed by atoms with Crippen molar-refractivity contribution in [2.24, 2.45) is 0 Å². The van der Waals surface area contributed by atoms with Crippen LogP contribution >= 0.6 is 22.7 Å². The molecule has 1 aliphatic carbocycles. The van der Waals surface area contributed by atoms with Gasteiger partial charge in [-0.2, -0.15) is 0 Å². The molecule has 2 nitrogen and oxygen atoms in total. The Kier molecular flexibility index (Phi) is 7.78. The lowest BCUT2D eigenvalue weighted by molar-refractivity contribution is 0.590. The van der Waals surface area contributed by atoms with E-state index in [9.17, 15) is 0 Å². The average Bonchev–Trinajstić information content (AvgIpc) is 3.98. The van der Waals surface area contributed by atoms with Gasteiger partial charge in [0.25, 0.3) is 0 Å². The number of benzene rings is 8. The van der Waals surface area contributed by atoms with Crippen LogP contribution in [0.1, 0.15) is 77.6 Å². The molecular weight excluding hydrogens is 812 g/mol. The molecule has 64 heavy (non-hydrogen) atoms. The second-order valence-electron chi connectivity index (χ2n) is 21.1. The van der Waals surface area contributed by atoms with E-state index in [-0.39, 0.29) is 16.2 Å². The molecule has 5 heteroatoms. The summed E-state index contributed by atoms with van der Waals surface area (Å²) in [6, 6.07) is 54.1. The summed E-state index contributed by atoms with van der Waals surface area (Å²) in [6.45, 7) is 18.6. The third-order valence-electron chi connectivity index (χ3n) is 14.7. The number of fused-ring (bicyclic) bond motifs is 14. The lowest BCUT2D eigenvalue weighted by Crippen LogP contribution is -2.37. The Labute approximate surface area is 383 Å². The Bertz CT molecular complexity index is 3820. The fourth-order valence-corrected chi connectivity index (χ4v) is 13.5. The van der Waals surface area contributed by atoms with E-state index in [2.05, 4.69) is 205 Å². The SMILES string of the molecule is CC(C)(C)c1ccc(Nc2cc3sc4ccc(C(C)(C)C)cc4c3cc2-c2ccc3c4cc5c(cc4n4c3c2Bc2cc3sc6ccccc6c3cc2-4)C(C)(C)c2ccccc2-5)cc1. The third-order valence-corrected chi connectivity index (χ3v) is 17.0. The minimum absolute atomic E-state index is 0.0549. The molecule has 0 saturated carbocycles. The van der Waals surface area contributed by atoms with Crippen LogP contribution < -0.4 is 16.2 Å². The molecule has 0 unspecified atom stereocenters. The van der Waals surface area contributed by atoms with Crippen LogP contribution in [0.5, 0.6) is 0 Å². The molecule has 13 rings (SSSR count). The van der Waals surface area contributed by atoms with Crippen molar-refractivity contribution in [3.8, 4) is 27.9 Å². The van der Waals surface area contributed by atoms with Gasteiger partial charge in [0, 0.05) is 84.7 Å². The molecule has 0 saturated heterocycles. The Morgan fingerprint density at radius 3 is 1.97 bits per heavy atom. The van der Waals surface area contributed by atoms with Crippen LogP contribution in [0, 0.1) is 0 Å². The maximum Gasteiger partial charge on any atom is 0.198 e. The van der Waals surface area contributed by atoms with Gasteiger partial charge in [-0.25, -0.2) is 0 Å². The smallest absolute Gasteiger partial charge is 0.198 e. The van der Waals surface area contributed by atoms with Crippen LogP contribution in [0.15, 0.2) is 140 Å². The first kappa shape index (κ1) is 38.3. The van der Waals surface area contributed by atoms with Gasteiger partial charge >= 0.3 is 0 Å². The summed E-state index contributed by atoms with van der Waals surface area (Å²) in [5, 5.41) is 12.0. The van der Waals surface area contributed by atoms with Crippen molar-refractivity contribution in [1.29, 1.82) is 0 Å². The summed E-state index contributed by atoms with van der Waals surface area (Å²) >= 11 is 3.82. The zero-order valence-corrected chi connectivity index (χ0v) is 39.4. The second-order valence-corrected chi connectivity index (χ2v) is 23.2. The molecule has 0 bridgehead atoms. The Morgan fingerprint density at radius 2 is 1.17 bits per heavy atom. The van der Waals surface area contributed by atoms with E-state index < -0.39 is 0 Å². The van der Waals surface area contributed by atoms with Crippen LogP contribution in [-0.4, -0.2) is 11.8 Å². The van der Waals surface area contributed by atoms with E-state index in [1.165, 1.54) is 123 Å². The predicted molar refractivity (Wildman–Crippen MR) is 283 cm³/mol. The largest absolute Gasteiger partial charge is 0.355 e. The molecule has 1 N–H and O–H groups in total. The second kappa shape index (κ2) is 13.0. The van der Waals surface area contributed by atoms with Gasteiger partial charge in [0.15, 0.2) is 7.28 Å². The highest BCUT2D eigenvalue weighted by atomic mass is 32.1. The summed E-state index contributed by atoms with van der Waals surface area (Å²) in [5.74, 6) is 0. The van der Waals surface area contributed by atoms with E-state index in [0.717, 1.165) is 18.7 Å². The Balaban J connectivity index is 1.11. The number of nitrogens with zero attached hydrogens (tertiary/aromatic N) is 1. The van der Waals surface area contributed by atoms with Crippen LogP contribution in [-0.2, 0) is 16.2 Å². The van der Waals surface area contributed by atoms with E-state index in [0.29, 0.717) is 0 Å². The summed E-state index contributed by atoms with van der Waals surface area (Å²) in [6.07, 6.45) is 0. The van der Waals surface area contributed by atoms with Crippen LogP contribution in [0.4, 0.5) is 11.4 Å². The number of aromatic nitrogens is 1. The lowest BCUT2D eigenvalue weighted by Gasteiger charge is -2.25. The minimum Gasteiger partial charge on any atom is -0.355 e. The molecule has 0 spiro atoms. The lowest BCUT2D eigenvalue weighted by atomic mass is 9.59. The zero-order valence-electron chi connectivity index (χ0n) is 37.7. The Morgan fingerprint density at radius 1 is 0.500 bits per heavy atom. The monoisotopic (exact) mass is 860 g/mol. The van der Waals surface area contributed by atoms with E-state index in [1.54, 1.807) is 0 Å². The molecular formula is C59H49BN2S2. The third kappa shape index (κ3) is 5.44. The van der Waals surface area contributed by atoms with Crippen LogP contribution in [0.3, 0.4) is 0 Å². The normalized spacial score (nSPS) is 14.2. The molecule has 310 valence electrons. The van der Waals surface area contributed by atoms with Crippen molar-refractivity contribution < 1.29 is 0 Å². The number of rotatable bonds is 3. The maximum absolute atomic E-state index is 3.99. The number of thiophene rings is 2. The molecule has 11 aromatic rings. The van der Waals surface area contributed by atoms with Crippen molar-refractivity contribution in [2.75, 3.05) is 5.32 Å². The van der Waals surface area contributed by atoms with Gasteiger partial charge in [0.1, 0.15) is 0 Å². The Hall–Kier alpha value is -6.14. The van der Waals surface area contributed by atoms with Crippen molar-refractivity contribution >= 4 is 114 Å². The van der Waals surface area contributed by atoms with Crippen LogP contribution in [0.25, 0.3) is 90.1 Å². The topological polar surface area (TPSA) is 17.0 Å². The number of hydrogen-bond donors (Lipinski definition) is 1. The maximum atomic E-state index is 3.99. The van der Waals surface area contributed by atoms with Crippen molar-refractivity contribution in [3.05, 3.63) is 162 Å². The standard InChI is InChI=1S/C59H49BN2S2/c1-57(2,3)32-17-20-34(21-18-32)61-48-31-54-43(42-25-33(58(4,5)6)19-24-52(42)64-54)27-40(48)37-22-23-38-41-26-39-35-13-9-11-15-45(35)59(7,8)46(39)29-49(41)62-50-28-44-36-14-10-12-16-51(36)63-53(44)30-47(50)60-55(37)56(38)62/h9-31,60-61H,1-8H3. The number of nitrogens with one attached hydrogen (secondary N) is 1. The first-order valence-electron chi connectivity index (χ1n) is 22.8.